The van der Waals surface area contributed by atoms with Gasteiger partial charge in [-0.1, -0.05) is 6.42 Å². The van der Waals surface area contributed by atoms with Crippen LogP contribution in [0.2, 0.25) is 0 Å². The molecule has 1 amide bonds. The molecule has 1 saturated heterocycles. The van der Waals surface area contributed by atoms with E-state index in [4.69, 9.17) is 0 Å². The van der Waals surface area contributed by atoms with Crippen molar-refractivity contribution < 1.29 is 4.79 Å². The van der Waals surface area contributed by atoms with Crippen molar-refractivity contribution in [2.24, 2.45) is 0 Å². The van der Waals surface area contributed by atoms with Crippen LogP contribution in [-0.2, 0) is 4.79 Å². The number of rotatable bonds is 4. The predicted octanol–water partition coefficient (Wildman–Crippen LogP) is 0.149. The van der Waals surface area contributed by atoms with Crippen LogP contribution in [0, 0.1) is 0 Å². The van der Waals surface area contributed by atoms with Gasteiger partial charge in [-0.2, -0.15) is 0 Å². The highest BCUT2D eigenvalue weighted by atomic mass is 16.2. The number of piperidine rings is 1. The summed E-state index contributed by atoms with van der Waals surface area (Å²) in [6, 6.07) is 0.0610. The quantitative estimate of drug-likeness (QED) is 0.722. The Balaban J connectivity index is 2.30. The maximum Gasteiger partial charge on any atom is 0.239 e. The van der Waals surface area contributed by atoms with Gasteiger partial charge < -0.3 is 15.1 Å². The third-order valence-electron chi connectivity index (χ3n) is 2.87. The topological polar surface area (TPSA) is 35.6 Å². The Morgan fingerprint density at radius 1 is 1.27 bits per heavy atom. The van der Waals surface area contributed by atoms with Gasteiger partial charge in [0.15, 0.2) is 0 Å². The number of amides is 1. The maximum absolute atomic E-state index is 12.0. The molecular weight excluding hydrogens is 190 g/mol. The van der Waals surface area contributed by atoms with Crippen LogP contribution in [0.25, 0.3) is 0 Å². The van der Waals surface area contributed by atoms with E-state index in [1.807, 2.05) is 26.0 Å². The van der Waals surface area contributed by atoms with Crippen LogP contribution in [0.4, 0.5) is 0 Å². The van der Waals surface area contributed by atoms with E-state index in [0.717, 1.165) is 26.1 Å². The molecule has 0 aliphatic carbocycles. The summed E-state index contributed by atoms with van der Waals surface area (Å²) in [4.78, 5) is 15.9. The summed E-state index contributed by atoms with van der Waals surface area (Å²) in [5.74, 6) is 0.247. The molecule has 4 heteroatoms. The zero-order valence-electron chi connectivity index (χ0n) is 10.1. The van der Waals surface area contributed by atoms with Crippen molar-refractivity contribution in [2.75, 3.05) is 40.8 Å². The molecule has 0 spiro atoms. The van der Waals surface area contributed by atoms with Crippen molar-refractivity contribution in [3.8, 4) is 0 Å². The zero-order chi connectivity index (χ0) is 11.3. The third kappa shape index (κ3) is 4.18. The van der Waals surface area contributed by atoms with Crippen molar-refractivity contribution in [3.05, 3.63) is 0 Å². The van der Waals surface area contributed by atoms with Gasteiger partial charge in [0.2, 0.25) is 5.91 Å². The highest BCUT2D eigenvalue weighted by molar-refractivity contribution is 5.81. The molecule has 0 unspecified atom stereocenters. The Morgan fingerprint density at radius 2 is 2.00 bits per heavy atom. The lowest BCUT2D eigenvalue weighted by Crippen LogP contribution is -2.48. The number of nitrogens with one attached hydrogen (secondary N) is 1. The molecule has 0 aromatic carbocycles. The lowest BCUT2D eigenvalue weighted by atomic mass is 10.0. The van der Waals surface area contributed by atoms with E-state index >= 15 is 0 Å². The van der Waals surface area contributed by atoms with Gasteiger partial charge in [0.05, 0.1) is 6.04 Å². The molecule has 1 N–H and O–H groups in total. The van der Waals surface area contributed by atoms with Gasteiger partial charge in [-0.15, -0.1) is 0 Å². The Morgan fingerprint density at radius 3 is 2.53 bits per heavy atom. The minimum atomic E-state index is 0.0610. The normalized spacial score (nSPS) is 21.7. The lowest BCUT2D eigenvalue weighted by Gasteiger charge is -2.28. The molecule has 0 bridgehead atoms. The second-order valence-electron chi connectivity index (χ2n) is 4.57. The Kier molecular flexibility index (Phi) is 5.05. The SMILES string of the molecule is CN(C)CCN(C)C(=O)[C@H]1CCCCN1. The third-order valence-corrected chi connectivity index (χ3v) is 2.87. The molecule has 1 aliphatic rings. The molecule has 88 valence electrons. The fourth-order valence-electron chi connectivity index (χ4n) is 1.79. The number of hydrogen-bond acceptors (Lipinski definition) is 3. The molecule has 4 nitrogen and oxygen atoms in total. The number of nitrogens with zero attached hydrogens (tertiary/aromatic N) is 2. The summed E-state index contributed by atoms with van der Waals surface area (Å²) in [6.45, 7) is 2.72. The summed E-state index contributed by atoms with van der Waals surface area (Å²) < 4.78 is 0. The first-order valence-electron chi connectivity index (χ1n) is 5.74. The summed E-state index contributed by atoms with van der Waals surface area (Å²) in [7, 11) is 5.94. The van der Waals surface area contributed by atoms with Gasteiger partial charge in [-0.3, -0.25) is 4.79 Å². The largest absolute Gasteiger partial charge is 0.343 e. The van der Waals surface area contributed by atoms with Gasteiger partial charge in [0.25, 0.3) is 0 Å². The molecule has 1 aliphatic heterocycles. The van der Waals surface area contributed by atoms with Crippen LogP contribution >= 0.6 is 0 Å². The summed E-state index contributed by atoms with van der Waals surface area (Å²) >= 11 is 0. The smallest absolute Gasteiger partial charge is 0.239 e. The second kappa shape index (κ2) is 6.08. The number of likely N-dealkylation sites (N-methyl/N-ethyl adjacent to an activating group) is 2. The molecule has 0 aromatic heterocycles. The number of hydrogen-bond donors (Lipinski definition) is 1. The van der Waals surface area contributed by atoms with E-state index in [9.17, 15) is 4.79 Å². The summed E-state index contributed by atoms with van der Waals surface area (Å²) in [5.41, 5.74) is 0. The van der Waals surface area contributed by atoms with Crippen molar-refractivity contribution in [1.29, 1.82) is 0 Å². The van der Waals surface area contributed by atoms with Crippen LogP contribution in [-0.4, -0.2) is 62.5 Å². The van der Waals surface area contributed by atoms with E-state index in [1.165, 1.54) is 12.8 Å². The fraction of sp³-hybridized carbons (Fsp3) is 0.909. The van der Waals surface area contributed by atoms with Gasteiger partial charge in [-0.05, 0) is 33.5 Å². The van der Waals surface area contributed by atoms with E-state index in [1.54, 1.807) is 0 Å². The van der Waals surface area contributed by atoms with Gasteiger partial charge in [0.1, 0.15) is 0 Å². The van der Waals surface area contributed by atoms with E-state index < -0.39 is 0 Å². The van der Waals surface area contributed by atoms with Crippen LogP contribution in [0.1, 0.15) is 19.3 Å². The summed E-state index contributed by atoms with van der Waals surface area (Å²) in [5, 5.41) is 3.28. The molecule has 0 aromatic rings. The van der Waals surface area contributed by atoms with Crippen LogP contribution in [0.5, 0.6) is 0 Å². The van der Waals surface area contributed by atoms with Crippen LogP contribution in [0.15, 0.2) is 0 Å². The lowest BCUT2D eigenvalue weighted by molar-refractivity contribution is -0.132. The molecule has 15 heavy (non-hydrogen) atoms. The number of carbonyl (C=O) groups excluding carboxylic acids is 1. The maximum atomic E-state index is 12.0. The van der Waals surface area contributed by atoms with Crippen molar-refractivity contribution in [2.45, 2.75) is 25.3 Å². The molecule has 0 saturated carbocycles. The van der Waals surface area contributed by atoms with Crippen LogP contribution < -0.4 is 5.32 Å². The minimum Gasteiger partial charge on any atom is -0.343 e. The Labute approximate surface area is 92.6 Å². The average molecular weight is 213 g/mol. The van der Waals surface area contributed by atoms with Gasteiger partial charge in [-0.25, -0.2) is 0 Å². The molecule has 1 atom stereocenters. The predicted molar refractivity (Wildman–Crippen MR) is 61.8 cm³/mol. The molecule has 0 radical (unpaired) electrons. The molecule has 1 heterocycles. The van der Waals surface area contributed by atoms with E-state index in [-0.39, 0.29) is 11.9 Å². The van der Waals surface area contributed by atoms with Crippen LogP contribution in [0.3, 0.4) is 0 Å². The standard InChI is InChI=1S/C11H23N3O/c1-13(2)8-9-14(3)11(15)10-6-4-5-7-12-10/h10,12H,4-9H2,1-3H3/t10-/m1/s1. The fourth-order valence-corrected chi connectivity index (χ4v) is 1.79. The van der Waals surface area contributed by atoms with Crippen molar-refractivity contribution in [1.82, 2.24) is 15.1 Å². The highest BCUT2D eigenvalue weighted by Crippen LogP contribution is 2.08. The average Bonchev–Trinajstić information content (AvgIpc) is 2.26. The molecule has 1 rings (SSSR count). The van der Waals surface area contributed by atoms with E-state index in [0.29, 0.717) is 0 Å². The van der Waals surface area contributed by atoms with Gasteiger partial charge in [0, 0.05) is 20.1 Å². The minimum absolute atomic E-state index is 0.0610. The Hall–Kier alpha value is -0.610. The molecule has 1 fully saturated rings. The summed E-state index contributed by atoms with van der Waals surface area (Å²) in [6.07, 6.45) is 3.36. The monoisotopic (exact) mass is 213 g/mol. The highest BCUT2D eigenvalue weighted by Gasteiger charge is 2.23. The first-order valence-corrected chi connectivity index (χ1v) is 5.74. The van der Waals surface area contributed by atoms with Gasteiger partial charge >= 0.3 is 0 Å². The first-order chi connectivity index (χ1) is 7.11. The van der Waals surface area contributed by atoms with E-state index in [2.05, 4.69) is 10.2 Å². The zero-order valence-corrected chi connectivity index (χ0v) is 10.1. The molecular formula is C11H23N3O. The number of carbonyl (C=O) groups is 1. The second-order valence-corrected chi connectivity index (χ2v) is 4.57. The first kappa shape index (κ1) is 12.5. The Bertz CT molecular complexity index is 200. The van der Waals surface area contributed by atoms with Crippen molar-refractivity contribution >= 4 is 5.91 Å². The van der Waals surface area contributed by atoms with Crippen molar-refractivity contribution in [3.63, 3.8) is 0 Å².